The van der Waals surface area contributed by atoms with E-state index in [2.05, 4.69) is 15.9 Å². The van der Waals surface area contributed by atoms with E-state index in [9.17, 15) is 4.79 Å². The van der Waals surface area contributed by atoms with Crippen molar-refractivity contribution in [1.82, 2.24) is 0 Å². The maximum absolute atomic E-state index is 10.8. The molecule has 0 aliphatic carbocycles. The molecule has 2 aromatic rings. The van der Waals surface area contributed by atoms with Crippen molar-refractivity contribution in [2.75, 3.05) is 0 Å². The predicted octanol–water partition coefficient (Wildman–Crippen LogP) is 4.03. The van der Waals surface area contributed by atoms with Gasteiger partial charge in [-0.25, -0.2) is 4.79 Å². The van der Waals surface area contributed by atoms with Crippen LogP contribution in [0.1, 0.15) is 16.1 Å². The second kappa shape index (κ2) is 5.42. The number of benzene rings is 1. The number of carboxylic acid groups (broad SMARTS) is 1. The Hall–Kier alpha value is -1.20. The largest absolute Gasteiger partial charge is 0.478 e. The summed E-state index contributed by atoms with van der Waals surface area (Å²) in [6.45, 7) is 0. The summed E-state index contributed by atoms with van der Waals surface area (Å²) in [6, 6.07) is 8.75. The van der Waals surface area contributed by atoms with Crippen LogP contribution in [0.3, 0.4) is 0 Å². The van der Waals surface area contributed by atoms with Gasteiger partial charge in [-0.3, -0.25) is 0 Å². The minimum Gasteiger partial charge on any atom is -0.478 e. The molecule has 5 heteroatoms. The van der Waals surface area contributed by atoms with Gasteiger partial charge in [0.05, 0.1) is 17.6 Å². The van der Waals surface area contributed by atoms with Crippen molar-refractivity contribution < 1.29 is 14.3 Å². The first-order valence-corrected chi connectivity index (χ1v) is 6.62. The van der Waals surface area contributed by atoms with Crippen LogP contribution in [-0.4, -0.2) is 11.1 Å². The Kier molecular flexibility index (Phi) is 3.91. The molecule has 1 heterocycles. The van der Waals surface area contributed by atoms with E-state index in [0.29, 0.717) is 0 Å². The molecule has 3 nitrogen and oxygen atoms in total. The standard InChI is InChI=1S/C12H9BrO3S/c13-10-6-8(12(14)15)3-4-11(10)17-7-9-2-1-5-16-9/h1-6H,7H2,(H,14,15). The van der Waals surface area contributed by atoms with Crippen LogP contribution < -0.4 is 0 Å². The summed E-state index contributed by atoms with van der Waals surface area (Å²) >= 11 is 4.96. The van der Waals surface area contributed by atoms with Crippen molar-refractivity contribution in [3.63, 3.8) is 0 Å². The first kappa shape index (κ1) is 12.3. The zero-order chi connectivity index (χ0) is 12.3. The molecule has 0 aliphatic rings. The highest BCUT2D eigenvalue weighted by atomic mass is 79.9. The highest BCUT2D eigenvalue weighted by molar-refractivity contribution is 9.10. The van der Waals surface area contributed by atoms with E-state index in [1.807, 2.05) is 12.1 Å². The molecule has 0 unspecified atom stereocenters. The third-order valence-corrected chi connectivity index (χ3v) is 4.14. The molecular weight excluding hydrogens is 304 g/mol. The number of hydrogen-bond donors (Lipinski definition) is 1. The Balaban J connectivity index is 2.09. The number of carbonyl (C=O) groups is 1. The van der Waals surface area contributed by atoms with E-state index in [0.717, 1.165) is 20.9 Å². The normalized spacial score (nSPS) is 10.4. The zero-order valence-electron chi connectivity index (χ0n) is 8.72. The van der Waals surface area contributed by atoms with Gasteiger partial charge >= 0.3 is 5.97 Å². The molecule has 0 radical (unpaired) electrons. The molecule has 1 N–H and O–H groups in total. The number of halogens is 1. The molecule has 17 heavy (non-hydrogen) atoms. The van der Waals surface area contributed by atoms with E-state index >= 15 is 0 Å². The first-order valence-electron chi connectivity index (χ1n) is 4.85. The minimum absolute atomic E-state index is 0.277. The lowest BCUT2D eigenvalue weighted by Gasteiger charge is -2.04. The van der Waals surface area contributed by atoms with E-state index in [4.69, 9.17) is 9.52 Å². The van der Waals surface area contributed by atoms with Crippen LogP contribution in [0.4, 0.5) is 0 Å². The van der Waals surface area contributed by atoms with Crippen LogP contribution in [0.15, 0.2) is 50.4 Å². The van der Waals surface area contributed by atoms with Gasteiger partial charge in [0, 0.05) is 9.37 Å². The molecule has 2 rings (SSSR count). The zero-order valence-corrected chi connectivity index (χ0v) is 11.1. The topological polar surface area (TPSA) is 50.4 Å². The maximum Gasteiger partial charge on any atom is 0.335 e. The van der Waals surface area contributed by atoms with Crippen LogP contribution in [0.2, 0.25) is 0 Å². The summed E-state index contributed by atoms with van der Waals surface area (Å²) in [5.41, 5.74) is 0.277. The summed E-state index contributed by atoms with van der Waals surface area (Å²) in [4.78, 5) is 11.8. The van der Waals surface area contributed by atoms with Crippen molar-refractivity contribution in [1.29, 1.82) is 0 Å². The lowest BCUT2D eigenvalue weighted by Crippen LogP contribution is -1.95. The van der Waals surface area contributed by atoms with Crippen LogP contribution in [0.5, 0.6) is 0 Å². The van der Waals surface area contributed by atoms with Crippen molar-refractivity contribution in [2.24, 2.45) is 0 Å². The molecule has 88 valence electrons. The molecule has 1 aromatic heterocycles. The van der Waals surface area contributed by atoms with Gasteiger partial charge in [-0.1, -0.05) is 0 Å². The fraction of sp³-hybridized carbons (Fsp3) is 0.0833. The average Bonchev–Trinajstić information content (AvgIpc) is 2.80. The SMILES string of the molecule is O=C(O)c1ccc(SCc2ccco2)c(Br)c1. The third kappa shape index (κ3) is 3.14. The molecule has 0 fully saturated rings. The van der Waals surface area contributed by atoms with Crippen molar-refractivity contribution in [3.05, 3.63) is 52.4 Å². The molecular formula is C12H9BrO3S. The number of hydrogen-bond acceptors (Lipinski definition) is 3. The number of aromatic carboxylic acids is 1. The number of thioether (sulfide) groups is 1. The van der Waals surface area contributed by atoms with Gasteiger partial charge in [-0.2, -0.15) is 0 Å². The van der Waals surface area contributed by atoms with Crippen LogP contribution in [0, 0.1) is 0 Å². The van der Waals surface area contributed by atoms with Crippen LogP contribution >= 0.6 is 27.7 Å². The Labute approximate surface area is 111 Å². The fourth-order valence-electron chi connectivity index (χ4n) is 1.29. The van der Waals surface area contributed by atoms with E-state index < -0.39 is 5.97 Å². The summed E-state index contributed by atoms with van der Waals surface area (Å²) in [5, 5.41) is 8.84. The smallest absolute Gasteiger partial charge is 0.335 e. The van der Waals surface area contributed by atoms with Crippen LogP contribution in [0.25, 0.3) is 0 Å². The average molecular weight is 313 g/mol. The van der Waals surface area contributed by atoms with Crippen LogP contribution in [-0.2, 0) is 5.75 Å². The van der Waals surface area contributed by atoms with Gasteiger partial charge in [0.15, 0.2) is 0 Å². The molecule has 0 amide bonds. The van der Waals surface area contributed by atoms with Gasteiger partial charge in [-0.05, 0) is 46.3 Å². The fourth-order valence-corrected chi connectivity index (χ4v) is 2.84. The Morgan fingerprint density at radius 1 is 1.41 bits per heavy atom. The highest BCUT2D eigenvalue weighted by Gasteiger charge is 2.07. The van der Waals surface area contributed by atoms with E-state index in [1.165, 1.54) is 0 Å². The Bertz CT molecular complexity index is 523. The molecule has 1 aromatic carbocycles. The Morgan fingerprint density at radius 2 is 2.24 bits per heavy atom. The minimum atomic E-state index is -0.923. The number of carboxylic acids is 1. The van der Waals surface area contributed by atoms with Gasteiger partial charge in [0.25, 0.3) is 0 Å². The first-order chi connectivity index (χ1) is 8.16. The van der Waals surface area contributed by atoms with Crippen molar-refractivity contribution in [2.45, 2.75) is 10.6 Å². The second-order valence-corrected chi connectivity index (χ2v) is 5.19. The van der Waals surface area contributed by atoms with Crippen molar-refractivity contribution in [3.8, 4) is 0 Å². The molecule has 0 saturated heterocycles. The molecule has 0 atom stereocenters. The summed E-state index contributed by atoms with van der Waals surface area (Å²) in [6.07, 6.45) is 1.64. The Morgan fingerprint density at radius 3 is 2.82 bits per heavy atom. The summed E-state index contributed by atoms with van der Waals surface area (Å²) in [7, 11) is 0. The maximum atomic E-state index is 10.8. The second-order valence-electron chi connectivity index (χ2n) is 3.32. The predicted molar refractivity (Wildman–Crippen MR) is 69.4 cm³/mol. The van der Waals surface area contributed by atoms with E-state index in [-0.39, 0.29) is 5.56 Å². The molecule has 0 spiro atoms. The van der Waals surface area contributed by atoms with Gasteiger partial charge in [-0.15, -0.1) is 11.8 Å². The number of rotatable bonds is 4. The summed E-state index contributed by atoms with van der Waals surface area (Å²) in [5.74, 6) is 0.690. The van der Waals surface area contributed by atoms with Gasteiger partial charge in [0.2, 0.25) is 0 Å². The quantitative estimate of drug-likeness (QED) is 0.866. The molecule has 0 bridgehead atoms. The third-order valence-electron chi connectivity index (χ3n) is 2.13. The van der Waals surface area contributed by atoms with Gasteiger partial charge in [0.1, 0.15) is 5.76 Å². The lowest BCUT2D eigenvalue weighted by atomic mass is 10.2. The molecule has 0 saturated carbocycles. The number of furan rings is 1. The van der Waals surface area contributed by atoms with E-state index in [1.54, 1.807) is 36.2 Å². The van der Waals surface area contributed by atoms with Gasteiger partial charge < -0.3 is 9.52 Å². The summed E-state index contributed by atoms with van der Waals surface area (Å²) < 4.78 is 6.01. The molecule has 0 aliphatic heterocycles. The van der Waals surface area contributed by atoms with Crippen molar-refractivity contribution >= 4 is 33.7 Å². The monoisotopic (exact) mass is 312 g/mol. The highest BCUT2D eigenvalue weighted by Crippen LogP contribution is 2.30. The lowest BCUT2D eigenvalue weighted by molar-refractivity contribution is 0.0696.